The minimum Gasteiger partial charge on any atom is -0.481 e. The molecule has 2 atom stereocenters. The maximum atomic E-state index is 11.6. The van der Waals surface area contributed by atoms with Gasteiger partial charge in [-0.2, -0.15) is 0 Å². The third-order valence-electron chi connectivity index (χ3n) is 3.14. The Balaban J connectivity index is 2.31. The Morgan fingerprint density at radius 2 is 2.00 bits per heavy atom. The summed E-state index contributed by atoms with van der Waals surface area (Å²) in [6.45, 7) is 0.947. The zero-order chi connectivity index (χ0) is 14.3. The van der Waals surface area contributed by atoms with Crippen molar-refractivity contribution in [2.75, 3.05) is 6.54 Å². The average molecular weight is 272 g/mol. The van der Waals surface area contributed by atoms with Gasteiger partial charge in [-0.3, -0.25) is 9.59 Å². The summed E-state index contributed by atoms with van der Waals surface area (Å²) >= 11 is 0. The summed E-state index contributed by atoms with van der Waals surface area (Å²) < 4.78 is 0. The van der Waals surface area contributed by atoms with Crippen molar-refractivity contribution in [3.63, 3.8) is 0 Å². The molecule has 0 bridgehead atoms. The predicted molar refractivity (Wildman–Crippen MR) is 66.7 cm³/mol. The van der Waals surface area contributed by atoms with Gasteiger partial charge in [-0.15, -0.1) is 0 Å². The molecule has 0 spiro atoms. The second kappa shape index (κ2) is 7.73. The van der Waals surface area contributed by atoms with Crippen LogP contribution in [0.25, 0.3) is 0 Å². The van der Waals surface area contributed by atoms with Crippen LogP contribution in [0, 0.1) is 0 Å². The van der Waals surface area contributed by atoms with E-state index in [4.69, 9.17) is 10.2 Å². The molecule has 108 valence electrons. The minimum absolute atomic E-state index is 0.209. The van der Waals surface area contributed by atoms with Crippen LogP contribution in [-0.4, -0.2) is 46.7 Å². The Labute approximate surface area is 111 Å². The Morgan fingerprint density at radius 3 is 2.53 bits per heavy atom. The quantitative estimate of drug-likeness (QED) is 0.516. The number of carboxylic acid groups (broad SMARTS) is 2. The summed E-state index contributed by atoms with van der Waals surface area (Å²) in [5, 5.41) is 22.9. The molecular formula is C12H20N2O5. The van der Waals surface area contributed by atoms with E-state index >= 15 is 0 Å². The van der Waals surface area contributed by atoms with Crippen LogP contribution in [0.5, 0.6) is 0 Å². The van der Waals surface area contributed by atoms with Crippen molar-refractivity contribution in [2.24, 2.45) is 0 Å². The zero-order valence-corrected chi connectivity index (χ0v) is 10.7. The van der Waals surface area contributed by atoms with Crippen LogP contribution in [0.1, 0.15) is 38.5 Å². The van der Waals surface area contributed by atoms with Gasteiger partial charge < -0.3 is 20.8 Å². The molecule has 4 N–H and O–H groups in total. The highest BCUT2D eigenvalue weighted by Crippen LogP contribution is 2.11. The first kappa shape index (κ1) is 15.4. The molecule has 1 saturated heterocycles. The molecule has 7 nitrogen and oxygen atoms in total. The van der Waals surface area contributed by atoms with Crippen LogP contribution in [0.15, 0.2) is 0 Å². The van der Waals surface area contributed by atoms with Crippen molar-refractivity contribution in [2.45, 2.75) is 50.6 Å². The Bertz CT molecular complexity index is 339. The van der Waals surface area contributed by atoms with E-state index in [1.165, 1.54) is 0 Å². The van der Waals surface area contributed by atoms with Crippen molar-refractivity contribution in [1.29, 1.82) is 0 Å². The first-order valence-corrected chi connectivity index (χ1v) is 6.46. The van der Waals surface area contributed by atoms with Gasteiger partial charge in [0.2, 0.25) is 5.91 Å². The number of carbonyl (C=O) groups excluding carboxylic acids is 1. The third-order valence-corrected chi connectivity index (χ3v) is 3.14. The molecule has 1 aliphatic heterocycles. The molecule has 1 fully saturated rings. The van der Waals surface area contributed by atoms with Crippen molar-refractivity contribution < 1.29 is 24.6 Å². The van der Waals surface area contributed by atoms with Crippen molar-refractivity contribution >= 4 is 17.8 Å². The molecular weight excluding hydrogens is 252 g/mol. The van der Waals surface area contributed by atoms with Crippen LogP contribution in [0.3, 0.4) is 0 Å². The van der Waals surface area contributed by atoms with Crippen molar-refractivity contribution in [3.8, 4) is 0 Å². The fourth-order valence-electron chi connectivity index (χ4n) is 2.12. The fraction of sp³-hybridized carbons (Fsp3) is 0.750. The summed E-state index contributed by atoms with van der Waals surface area (Å²) in [4.78, 5) is 32.8. The lowest BCUT2D eigenvalue weighted by atomic mass is 10.0. The molecule has 0 aromatic heterocycles. The van der Waals surface area contributed by atoms with Gasteiger partial charge in [-0.1, -0.05) is 6.42 Å². The highest BCUT2D eigenvalue weighted by atomic mass is 16.4. The van der Waals surface area contributed by atoms with Crippen molar-refractivity contribution in [1.82, 2.24) is 10.6 Å². The number of nitrogens with one attached hydrogen (secondary N) is 2. The zero-order valence-electron chi connectivity index (χ0n) is 10.7. The monoisotopic (exact) mass is 272 g/mol. The second-order valence-corrected chi connectivity index (χ2v) is 4.74. The summed E-state index contributed by atoms with van der Waals surface area (Å²) in [6.07, 6.45) is 3.54. The van der Waals surface area contributed by atoms with E-state index in [0.29, 0.717) is 12.5 Å². The normalized spacial score (nSPS) is 20.5. The molecule has 0 saturated carbocycles. The lowest BCUT2D eigenvalue weighted by Crippen LogP contribution is -2.43. The molecule has 1 aliphatic rings. The molecule has 0 aromatic carbocycles. The Hall–Kier alpha value is -1.63. The van der Waals surface area contributed by atoms with Crippen LogP contribution >= 0.6 is 0 Å². The van der Waals surface area contributed by atoms with Crippen LogP contribution < -0.4 is 10.6 Å². The first-order chi connectivity index (χ1) is 8.99. The summed E-state index contributed by atoms with van der Waals surface area (Å²) in [6, 6.07) is -1.06. The van der Waals surface area contributed by atoms with Crippen LogP contribution in [0.2, 0.25) is 0 Å². The summed E-state index contributed by atoms with van der Waals surface area (Å²) in [5.74, 6) is -2.99. The topological polar surface area (TPSA) is 116 Å². The number of piperidine rings is 1. The maximum absolute atomic E-state index is 11.6. The fourth-order valence-corrected chi connectivity index (χ4v) is 2.12. The number of amides is 1. The summed E-state index contributed by atoms with van der Waals surface area (Å²) in [7, 11) is 0. The van der Waals surface area contributed by atoms with E-state index in [0.717, 1.165) is 25.8 Å². The lowest BCUT2D eigenvalue weighted by Gasteiger charge is -2.23. The van der Waals surface area contributed by atoms with Gasteiger partial charge >= 0.3 is 11.9 Å². The number of hydrogen-bond donors (Lipinski definition) is 4. The first-order valence-electron chi connectivity index (χ1n) is 6.46. The molecule has 7 heteroatoms. The molecule has 19 heavy (non-hydrogen) atoms. The van der Waals surface area contributed by atoms with Crippen LogP contribution in [0.4, 0.5) is 0 Å². The smallest absolute Gasteiger partial charge is 0.326 e. The van der Waals surface area contributed by atoms with Gasteiger partial charge in [0, 0.05) is 12.5 Å². The minimum atomic E-state index is -1.36. The van der Waals surface area contributed by atoms with Gasteiger partial charge in [-0.25, -0.2) is 4.79 Å². The lowest BCUT2D eigenvalue weighted by molar-refractivity contribution is -0.147. The molecule has 2 unspecified atom stereocenters. The molecule has 0 radical (unpaired) electrons. The van der Waals surface area contributed by atoms with Gasteiger partial charge in [0.05, 0.1) is 6.42 Å². The van der Waals surface area contributed by atoms with Gasteiger partial charge in [0.25, 0.3) is 0 Å². The molecule has 1 amide bonds. The van der Waals surface area contributed by atoms with E-state index < -0.39 is 30.3 Å². The Kier molecular flexibility index (Phi) is 6.27. The Morgan fingerprint density at radius 1 is 1.26 bits per heavy atom. The standard InChI is InChI=1S/C12H20N2O5/c15-10(5-4-8-3-1-2-6-13-8)14-9(12(18)19)7-11(16)17/h8-9,13H,1-7H2,(H,14,15)(H,16,17)(H,18,19). The third kappa shape index (κ3) is 6.19. The van der Waals surface area contributed by atoms with E-state index in [1.807, 2.05) is 0 Å². The average Bonchev–Trinajstić information content (AvgIpc) is 2.36. The molecule has 0 aliphatic carbocycles. The number of hydrogen-bond acceptors (Lipinski definition) is 4. The van der Waals surface area contributed by atoms with E-state index in [-0.39, 0.29) is 6.42 Å². The highest BCUT2D eigenvalue weighted by Gasteiger charge is 2.23. The van der Waals surface area contributed by atoms with E-state index in [1.54, 1.807) is 0 Å². The number of aliphatic carboxylic acids is 2. The maximum Gasteiger partial charge on any atom is 0.326 e. The van der Waals surface area contributed by atoms with E-state index in [9.17, 15) is 14.4 Å². The number of carbonyl (C=O) groups is 3. The molecule has 1 heterocycles. The predicted octanol–water partition coefficient (Wildman–Crippen LogP) is -0.0472. The highest BCUT2D eigenvalue weighted by molar-refractivity contribution is 5.86. The summed E-state index contributed by atoms with van der Waals surface area (Å²) in [5.41, 5.74) is 0. The SMILES string of the molecule is O=C(O)CC(NC(=O)CCC1CCCCN1)C(=O)O. The van der Waals surface area contributed by atoms with Crippen molar-refractivity contribution in [3.05, 3.63) is 0 Å². The van der Waals surface area contributed by atoms with E-state index in [2.05, 4.69) is 10.6 Å². The number of rotatable bonds is 7. The molecule has 0 aromatic rings. The molecule has 1 rings (SSSR count). The van der Waals surface area contributed by atoms with Gasteiger partial charge in [0.1, 0.15) is 6.04 Å². The second-order valence-electron chi connectivity index (χ2n) is 4.74. The number of carboxylic acids is 2. The van der Waals surface area contributed by atoms with Gasteiger partial charge in [0.15, 0.2) is 0 Å². The van der Waals surface area contributed by atoms with Gasteiger partial charge in [-0.05, 0) is 25.8 Å². The van der Waals surface area contributed by atoms with Crippen LogP contribution in [-0.2, 0) is 14.4 Å². The largest absolute Gasteiger partial charge is 0.481 e.